The number of nitrogens with zero attached hydrogens (tertiary/aromatic N) is 2. The highest BCUT2D eigenvalue weighted by Gasteiger charge is 2.15. The standard InChI is InChI=1S/C19H23N3O5/c1-21(13-14-8-9-17(26-2)18(12-14)27-3)11-10-19(23)20-15-6-4-5-7-16(15)22(24)25/h4-9,12H,10-11,13H2,1-3H3,(H,20,23). The van der Waals surface area contributed by atoms with Crippen LogP contribution in [0.3, 0.4) is 0 Å². The van der Waals surface area contributed by atoms with Crippen molar-refractivity contribution in [1.82, 2.24) is 4.90 Å². The van der Waals surface area contributed by atoms with Crippen LogP contribution in [0.2, 0.25) is 0 Å². The van der Waals surface area contributed by atoms with E-state index in [1.807, 2.05) is 30.1 Å². The Kier molecular flexibility index (Phi) is 7.13. The van der Waals surface area contributed by atoms with E-state index in [2.05, 4.69) is 5.32 Å². The van der Waals surface area contributed by atoms with Crippen LogP contribution in [0.5, 0.6) is 11.5 Å². The van der Waals surface area contributed by atoms with Gasteiger partial charge in [-0.2, -0.15) is 0 Å². The highest BCUT2D eigenvalue weighted by molar-refractivity contribution is 5.93. The molecular weight excluding hydrogens is 350 g/mol. The molecule has 0 aliphatic heterocycles. The van der Waals surface area contributed by atoms with Gasteiger partial charge in [-0.25, -0.2) is 0 Å². The summed E-state index contributed by atoms with van der Waals surface area (Å²) in [5.74, 6) is 1.04. The second kappa shape index (κ2) is 9.54. The molecule has 0 unspecified atom stereocenters. The van der Waals surface area contributed by atoms with Gasteiger partial charge in [0.05, 0.1) is 19.1 Å². The molecule has 144 valence electrons. The molecule has 8 heteroatoms. The maximum atomic E-state index is 12.1. The van der Waals surface area contributed by atoms with Crippen molar-refractivity contribution in [2.75, 3.05) is 33.1 Å². The second-order valence-electron chi connectivity index (χ2n) is 6.00. The Bertz CT molecular complexity index is 810. The number of ether oxygens (including phenoxy) is 2. The van der Waals surface area contributed by atoms with Crippen LogP contribution in [0.1, 0.15) is 12.0 Å². The van der Waals surface area contributed by atoms with Gasteiger partial charge in [-0.15, -0.1) is 0 Å². The van der Waals surface area contributed by atoms with E-state index >= 15 is 0 Å². The molecule has 0 spiro atoms. The number of benzene rings is 2. The molecule has 8 nitrogen and oxygen atoms in total. The number of carbonyl (C=O) groups excluding carboxylic acids is 1. The van der Waals surface area contributed by atoms with E-state index in [-0.39, 0.29) is 23.7 Å². The molecule has 1 N–H and O–H groups in total. The second-order valence-corrected chi connectivity index (χ2v) is 6.00. The van der Waals surface area contributed by atoms with Crippen LogP contribution in [-0.2, 0) is 11.3 Å². The third-order valence-corrected chi connectivity index (χ3v) is 4.00. The number of hydrogen-bond donors (Lipinski definition) is 1. The summed E-state index contributed by atoms with van der Waals surface area (Å²) >= 11 is 0. The van der Waals surface area contributed by atoms with Crippen molar-refractivity contribution in [2.24, 2.45) is 0 Å². The van der Waals surface area contributed by atoms with E-state index in [4.69, 9.17) is 9.47 Å². The number of carbonyl (C=O) groups is 1. The number of methoxy groups -OCH3 is 2. The molecule has 0 heterocycles. The minimum Gasteiger partial charge on any atom is -0.493 e. The molecule has 1 amide bonds. The van der Waals surface area contributed by atoms with Gasteiger partial charge in [-0.3, -0.25) is 14.9 Å². The first-order valence-electron chi connectivity index (χ1n) is 8.37. The average molecular weight is 373 g/mol. The molecule has 0 atom stereocenters. The fourth-order valence-electron chi connectivity index (χ4n) is 2.61. The van der Waals surface area contributed by atoms with Crippen LogP contribution >= 0.6 is 0 Å². The Hall–Kier alpha value is -3.13. The molecule has 0 aliphatic carbocycles. The van der Waals surface area contributed by atoms with E-state index in [9.17, 15) is 14.9 Å². The van der Waals surface area contributed by atoms with E-state index in [0.717, 1.165) is 5.56 Å². The van der Waals surface area contributed by atoms with E-state index in [0.29, 0.717) is 24.6 Å². The first-order valence-corrected chi connectivity index (χ1v) is 8.37. The largest absolute Gasteiger partial charge is 0.493 e. The molecule has 2 aromatic rings. The van der Waals surface area contributed by atoms with Crippen molar-refractivity contribution in [3.63, 3.8) is 0 Å². The topological polar surface area (TPSA) is 93.9 Å². The first-order chi connectivity index (χ1) is 12.9. The van der Waals surface area contributed by atoms with Gasteiger partial charge >= 0.3 is 0 Å². The van der Waals surface area contributed by atoms with Crippen LogP contribution in [0.4, 0.5) is 11.4 Å². The predicted molar refractivity (Wildman–Crippen MR) is 102 cm³/mol. The number of nitrogens with one attached hydrogen (secondary N) is 1. The summed E-state index contributed by atoms with van der Waals surface area (Å²) in [6.45, 7) is 1.12. The lowest BCUT2D eigenvalue weighted by Crippen LogP contribution is -2.24. The van der Waals surface area contributed by atoms with Crippen LogP contribution in [0.25, 0.3) is 0 Å². The highest BCUT2D eigenvalue weighted by atomic mass is 16.6. The predicted octanol–water partition coefficient (Wildman–Crippen LogP) is 3.07. The third kappa shape index (κ3) is 5.68. The van der Waals surface area contributed by atoms with Crippen molar-refractivity contribution in [3.05, 3.63) is 58.1 Å². The van der Waals surface area contributed by atoms with Crippen molar-refractivity contribution in [1.29, 1.82) is 0 Å². The molecule has 0 fully saturated rings. The van der Waals surface area contributed by atoms with Crippen LogP contribution in [0, 0.1) is 10.1 Å². The van der Waals surface area contributed by atoms with Gasteiger partial charge in [0.1, 0.15) is 5.69 Å². The van der Waals surface area contributed by atoms with Crippen LogP contribution in [-0.4, -0.2) is 43.5 Å². The van der Waals surface area contributed by atoms with Gasteiger partial charge in [0.15, 0.2) is 11.5 Å². The fourth-order valence-corrected chi connectivity index (χ4v) is 2.61. The molecule has 0 saturated carbocycles. The minimum absolute atomic E-state index is 0.121. The van der Waals surface area contributed by atoms with Gasteiger partial charge < -0.3 is 19.7 Å². The summed E-state index contributed by atoms with van der Waals surface area (Å²) in [6.07, 6.45) is 0.218. The number of hydrogen-bond acceptors (Lipinski definition) is 6. The summed E-state index contributed by atoms with van der Waals surface area (Å²) in [7, 11) is 5.06. The number of para-hydroxylation sites is 2. The van der Waals surface area contributed by atoms with Gasteiger partial charge in [0.2, 0.25) is 5.91 Å². The summed E-state index contributed by atoms with van der Waals surface area (Å²) in [4.78, 5) is 24.6. The molecule has 2 aromatic carbocycles. The lowest BCUT2D eigenvalue weighted by molar-refractivity contribution is -0.383. The maximum absolute atomic E-state index is 12.1. The van der Waals surface area contributed by atoms with Crippen molar-refractivity contribution >= 4 is 17.3 Å². The van der Waals surface area contributed by atoms with Crippen molar-refractivity contribution < 1.29 is 19.2 Å². The summed E-state index contributed by atoms with van der Waals surface area (Å²) in [5, 5.41) is 13.6. The summed E-state index contributed by atoms with van der Waals surface area (Å²) < 4.78 is 10.5. The molecule has 2 rings (SSSR count). The third-order valence-electron chi connectivity index (χ3n) is 4.00. The molecule has 0 bridgehead atoms. The van der Waals surface area contributed by atoms with E-state index in [1.54, 1.807) is 26.4 Å². The number of amides is 1. The number of nitro benzene ring substituents is 1. The van der Waals surface area contributed by atoms with Crippen LogP contribution in [0.15, 0.2) is 42.5 Å². The Balaban J connectivity index is 1.89. The lowest BCUT2D eigenvalue weighted by Gasteiger charge is -2.17. The summed E-state index contributed by atoms with van der Waals surface area (Å²) in [5.41, 5.74) is 1.11. The molecule has 0 saturated heterocycles. The van der Waals surface area contributed by atoms with Crippen molar-refractivity contribution in [2.45, 2.75) is 13.0 Å². The molecule has 0 radical (unpaired) electrons. The first kappa shape index (κ1) is 20.2. The number of nitro groups is 1. The maximum Gasteiger partial charge on any atom is 0.292 e. The zero-order valence-corrected chi connectivity index (χ0v) is 15.6. The smallest absolute Gasteiger partial charge is 0.292 e. The number of anilines is 1. The molecule has 0 aliphatic rings. The van der Waals surface area contributed by atoms with Crippen LogP contribution < -0.4 is 14.8 Å². The SMILES string of the molecule is COc1ccc(CN(C)CCC(=O)Nc2ccccc2[N+](=O)[O-])cc1OC. The Morgan fingerprint density at radius 1 is 1.15 bits per heavy atom. The zero-order chi connectivity index (χ0) is 19.8. The minimum atomic E-state index is -0.515. The number of rotatable bonds is 9. The lowest BCUT2D eigenvalue weighted by atomic mass is 10.2. The normalized spacial score (nSPS) is 10.5. The fraction of sp³-hybridized carbons (Fsp3) is 0.316. The van der Waals surface area contributed by atoms with Gasteiger partial charge in [0.25, 0.3) is 5.69 Å². The summed E-state index contributed by atoms with van der Waals surface area (Å²) in [6, 6.07) is 11.7. The van der Waals surface area contributed by atoms with E-state index in [1.165, 1.54) is 12.1 Å². The monoisotopic (exact) mass is 373 g/mol. The van der Waals surface area contributed by atoms with E-state index < -0.39 is 4.92 Å². The average Bonchev–Trinajstić information content (AvgIpc) is 2.66. The van der Waals surface area contributed by atoms with Gasteiger partial charge in [0, 0.05) is 25.6 Å². The van der Waals surface area contributed by atoms with Gasteiger partial charge in [-0.05, 0) is 30.8 Å². The molecule has 27 heavy (non-hydrogen) atoms. The highest BCUT2D eigenvalue weighted by Crippen LogP contribution is 2.28. The molecular formula is C19H23N3O5. The van der Waals surface area contributed by atoms with Crippen molar-refractivity contribution in [3.8, 4) is 11.5 Å². The zero-order valence-electron chi connectivity index (χ0n) is 15.6. The Morgan fingerprint density at radius 3 is 2.52 bits per heavy atom. The quantitative estimate of drug-likeness (QED) is 0.536. The Morgan fingerprint density at radius 2 is 1.85 bits per heavy atom. The Labute approximate surface area is 157 Å². The molecule has 0 aromatic heterocycles. The van der Waals surface area contributed by atoms with Gasteiger partial charge in [-0.1, -0.05) is 18.2 Å².